The molecule has 2 atom stereocenters. The molecule has 0 aliphatic carbocycles. The Kier molecular flexibility index (Phi) is 4.58. The maximum atomic E-state index is 10.5. The fourth-order valence-electron chi connectivity index (χ4n) is 2.06. The van der Waals surface area contributed by atoms with E-state index in [1.807, 2.05) is 42.6 Å². The molecule has 1 heterocycles. The largest absolute Gasteiger partial charge is 0.496 e. The molecule has 19 heavy (non-hydrogen) atoms. The van der Waals surface area contributed by atoms with Gasteiger partial charge in [0.15, 0.2) is 0 Å². The summed E-state index contributed by atoms with van der Waals surface area (Å²) in [6.07, 6.45) is -0.596. The van der Waals surface area contributed by atoms with Gasteiger partial charge in [0.1, 0.15) is 5.75 Å². The highest BCUT2D eigenvalue weighted by Gasteiger charge is 2.23. The van der Waals surface area contributed by atoms with E-state index in [1.165, 1.54) is 16.9 Å². The number of ether oxygens (including phenoxy) is 1. The first-order valence-electron chi connectivity index (χ1n) is 6.22. The first-order valence-corrected chi connectivity index (χ1v) is 7.10. The Hall–Kier alpha value is -1.36. The molecular formula is C15H19NO2S. The third kappa shape index (κ3) is 3.15. The van der Waals surface area contributed by atoms with Crippen molar-refractivity contribution in [1.82, 2.24) is 0 Å². The fraction of sp³-hybridized carbons (Fsp3) is 0.333. The summed E-state index contributed by atoms with van der Waals surface area (Å²) in [6.45, 7) is 2.45. The molecule has 1 aromatic heterocycles. The maximum absolute atomic E-state index is 10.5. The van der Waals surface area contributed by atoms with E-state index < -0.39 is 6.10 Å². The van der Waals surface area contributed by atoms with Crippen molar-refractivity contribution in [3.8, 4) is 5.75 Å². The summed E-state index contributed by atoms with van der Waals surface area (Å²) in [5, 5.41) is 12.4. The number of aryl methyl sites for hydroxylation is 1. The smallest absolute Gasteiger partial charge is 0.129 e. The predicted octanol–water partition coefficient (Wildman–Crippen LogP) is 2.84. The number of hydrogen-bond donors (Lipinski definition) is 2. The summed E-state index contributed by atoms with van der Waals surface area (Å²) in [4.78, 5) is 0.882. The van der Waals surface area contributed by atoms with Gasteiger partial charge in [-0.15, -0.1) is 11.3 Å². The summed E-state index contributed by atoms with van der Waals surface area (Å²) in [5.41, 5.74) is 8.10. The van der Waals surface area contributed by atoms with E-state index in [2.05, 4.69) is 0 Å². The minimum absolute atomic E-state index is 0.0936. The SMILES string of the molecule is COc1csc(C(O)C(CN)c2ccc(C)cc2)c1. The summed E-state index contributed by atoms with van der Waals surface area (Å²) in [6, 6.07) is 10.0. The number of thiophene rings is 1. The van der Waals surface area contributed by atoms with Gasteiger partial charge in [-0.05, 0) is 18.6 Å². The zero-order valence-corrected chi connectivity index (χ0v) is 12.0. The van der Waals surface area contributed by atoms with E-state index in [1.54, 1.807) is 7.11 Å². The molecule has 2 unspecified atom stereocenters. The summed E-state index contributed by atoms with van der Waals surface area (Å²) < 4.78 is 5.15. The maximum Gasteiger partial charge on any atom is 0.129 e. The highest BCUT2D eigenvalue weighted by molar-refractivity contribution is 7.10. The topological polar surface area (TPSA) is 55.5 Å². The Balaban J connectivity index is 2.23. The number of methoxy groups -OCH3 is 1. The van der Waals surface area contributed by atoms with Gasteiger partial charge in [0.25, 0.3) is 0 Å². The number of rotatable bonds is 5. The Labute approximate surface area is 117 Å². The minimum atomic E-state index is -0.596. The molecule has 1 aromatic carbocycles. The second-order valence-electron chi connectivity index (χ2n) is 4.59. The number of aliphatic hydroxyl groups is 1. The number of nitrogens with two attached hydrogens (primary N) is 1. The molecule has 102 valence electrons. The van der Waals surface area contributed by atoms with Crippen molar-refractivity contribution in [3.05, 3.63) is 51.7 Å². The van der Waals surface area contributed by atoms with E-state index in [-0.39, 0.29) is 5.92 Å². The number of benzene rings is 1. The van der Waals surface area contributed by atoms with Crippen molar-refractivity contribution in [2.24, 2.45) is 5.73 Å². The van der Waals surface area contributed by atoms with E-state index >= 15 is 0 Å². The van der Waals surface area contributed by atoms with Crippen LogP contribution in [0.15, 0.2) is 35.7 Å². The Morgan fingerprint density at radius 3 is 2.53 bits per heavy atom. The zero-order chi connectivity index (χ0) is 13.8. The molecule has 0 bridgehead atoms. The lowest BCUT2D eigenvalue weighted by molar-refractivity contribution is 0.151. The third-order valence-corrected chi connectivity index (χ3v) is 4.25. The van der Waals surface area contributed by atoms with Gasteiger partial charge in [-0.2, -0.15) is 0 Å². The van der Waals surface area contributed by atoms with Crippen LogP contribution in [0.25, 0.3) is 0 Å². The first-order chi connectivity index (χ1) is 9.15. The van der Waals surface area contributed by atoms with Crippen LogP contribution in [0.2, 0.25) is 0 Å². The second-order valence-corrected chi connectivity index (χ2v) is 5.53. The van der Waals surface area contributed by atoms with Crippen LogP contribution in [0.1, 0.15) is 28.0 Å². The lowest BCUT2D eigenvalue weighted by Gasteiger charge is -2.21. The van der Waals surface area contributed by atoms with Gasteiger partial charge in [-0.3, -0.25) is 0 Å². The lowest BCUT2D eigenvalue weighted by Crippen LogP contribution is -2.19. The standard InChI is InChI=1S/C15H19NO2S/c1-10-3-5-11(6-4-10)13(8-16)15(17)14-7-12(18-2)9-19-14/h3-7,9,13,15,17H,8,16H2,1-2H3. The monoisotopic (exact) mass is 277 g/mol. The Morgan fingerprint density at radius 2 is 2.00 bits per heavy atom. The molecule has 2 aromatic rings. The van der Waals surface area contributed by atoms with Crippen LogP contribution in [-0.2, 0) is 0 Å². The highest BCUT2D eigenvalue weighted by Crippen LogP contribution is 2.35. The second kappa shape index (κ2) is 6.19. The van der Waals surface area contributed by atoms with Crippen LogP contribution in [-0.4, -0.2) is 18.8 Å². The minimum Gasteiger partial charge on any atom is -0.496 e. The lowest BCUT2D eigenvalue weighted by atomic mass is 9.92. The number of hydrogen-bond acceptors (Lipinski definition) is 4. The van der Waals surface area contributed by atoms with Crippen molar-refractivity contribution in [3.63, 3.8) is 0 Å². The highest BCUT2D eigenvalue weighted by atomic mass is 32.1. The Morgan fingerprint density at radius 1 is 1.32 bits per heavy atom. The molecule has 0 aliphatic heterocycles. The van der Waals surface area contributed by atoms with Gasteiger partial charge in [0, 0.05) is 22.7 Å². The van der Waals surface area contributed by atoms with Crippen LogP contribution in [0.3, 0.4) is 0 Å². The molecule has 3 N–H and O–H groups in total. The average Bonchev–Trinajstić information content (AvgIpc) is 2.90. The molecule has 2 rings (SSSR count). The average molecular weight is 277 g/mol. The van der Waals surface area contributed by atoms with Crippen LogP contribution >= 0.6 is 11.3 Å². The first kappa shape index (κ1) is 14.1. The van der Waals surface area contributed by atoms with E-state index in [0.717, 1.165) is 16.2 Å². The van der Waals surface area contributed by atoms with E-state index in [0.29, 0.717) is 6.54 Å². The van der Waals surface area contributed by atoms with Crippen LogP contribution in [0.5, 0.6) is 5.75 Å². The molecule has 0 amide bonds. The van der Waals surface area contributed by atoms with Crippen molar-refractivity contribution in [2.45, 2.75) is 18.9 Å². The number of aliphatic hydroxyl groups excluding tert-OH is 1. The Bertz CT molecular complexity index is 521. The van der Waals surface area contributed by atoms with Gasteiger partial charge in [-0.1, -0.05) is 29.8 Å². The van der Waals surface area contributed by atoms with Crippen LogP contribution in [0.4, 0.5) is 0 Å². The van der Waals surface area contributed by atoms with Crippen molar-refractivity contribution in [1.29, 1.82) is 0 Å². The molecule has 4 heteroatoms. The predicted molar refractivity (Wildman–Crippen MR) is 78.8 cm³/mol. The van der Waals surface area contributed by atoms with Crippen LogP contribution in [0, 0.1) is 6.92 Å². The van der Waals surface area contributed by atoms with Crippen LogP contribution < -0.4 is 10.5 Å². The normalized spacial score (nSPS) is 14.1. The van der Waals surface area contributed by atoms with Gasteiger partial charge < -0.3 is 15.6 Å². The molecule has 0 fully saturated rings. The molecule has 0 aliphatic rings. The van der Waals surface area contributed by atoms with E-state index in [4.69, 9.17) is 10.5 Å². The van der Waals surface area contributed by atoms with Gasteiger partial charge in [0.2, 0.25) is 0 Å². The fourth-order valence-corrected chi connectivity index (χ4v) is 2.96. The molecule has 0 spiro atoms. The summed E-state index contributed by atoms with van der Waals surface area (Å²) in [5.74, 6) is 0.683. The molecule has 3 nitrogen and oxygen atoms in total. The van der Waals surface area contributed by atoms with Crippen molar-refractivity contribution < 1.29 is 9.84 Å². The molecular weight excluding hydrogens is 258 g/mol. The van der Waals surface area contributed by atoms with Crippen molar-refractivity contribution >= 4 is 11.3 Å². The zero-order valence-electron chi connectivity index (χ0n) is 11.2. The summed E-state index contributed by atoms with van der Waals surface area (Å²) >= 11 is 1.49. The van der Waals surface area contributed by atoms with Gasteiger partial charge in [-0.25, -0.2) is 0 Å². The third-order valence-electron chi connectivity index (χ3n) is 3.26. The van der Waals surface area contributed by atoms with E-state index in [9.17, 15) is 5.11 Å². The molecule has 0 saturated heterocycles. The molecule has 0 radical (unpaired) electrons. The molecule has 0 saturated carbocycles. The van der Waals surface area contributed by atoms with Crippen molar-refractivity contribution in [2.75, 3.05) is 13.7 Å². The summed E-state index contributed by atoms with van der Waals surface area (Å²) in [7, 11) is 1.62. The van der Waals surface area contributed by atoms with Gasteiger partial charge >= 0.3 is 0 Å². The van der Waals surface area contributed by atoms with Gasteiger partial charge in [0.05, 0.1) is 13.2 Å². The quantitative estimate of drug-likeness (QED) is 0.883.